The number of hydrogen-bond donors (Lipinski definition) is 1. The van der Waals surface area contributed by atoms with Gasteiger partial charge >= 0.3 is 0 Å². The summed E-state index contributed by atoms with van der Waals surface area (Å²) in [5, 5.41) is 0. The van der Waals surface area contributed by atoms with Crippen molar-refractivity contribution in [2.45, 2.75) is 39.5 Å². The SMILES string of the molecule is Cc1nc(CCc2ccccc2)nc(N)c1C(C)C. The summed E-state index contributed by atoms with van der Waals surface area (Å²) in [6, 6.07) is 10.4. The molecule has 0 radical (unpaired) electrons. The van der Waals surface area contributed by atoms with Gasteiger partial charge in [0.1, 0.15) is 11.6 Å². The Kier molecular flexibility index (Phi) is 4.15. The summed E-state index contributed by atoms with van der Waals surface area (Å²) in [5.74, 6) is 1.83. The third-order valence-corrected chi connectivity index (χ3v) is 3.27. The molecular weight excluding hydrogens is 234 g/mol. The Balaban J connectivity index is 2.14. The first-order chi connectivity index (χ1) is 9.08. The van der Waals surface area contributed by atoms with Crippen LogP contribution in [0.3, 0.4) is 0 Å². The molecule has 2 rings (SSSR count). The average Bonchev–Trinajstić information content (AvgIpc) is 2.36. The lowest BCUT2D eigenvalue weighted by atomic mass is 10.0. The summed E-state index contributed by atoms with van der Waals surface area (Å²) in [4.78, 5) is 9.02. The number of nitrogen functional groups attached to an aromatic ring is 1. The Morgan fingerprint density at radius 2 is 1.74 bits per heavy atom. The molecule has 0 bridgehead atoms. The first kappa shape index (κ1) is 13.5. The molecule has 1 aromatic carbocycles. The normalized spacial score (nSPS) is 10.9. The van der Waals surface area contributed by atoms with Crippen LogP contribution in [0, 0.1) is 6.92 Å². The van der Waals surface area contributed by atoms with Gasteiger partial charge in [-0.2, -0.15) is 0 Å². The highest BCUT2D eigenvalue weighted by molar-refractivity contribution is 5.44. The van der Waals surface area contributed by atoms with E-state index in [-0.39, 0.29) is 0 Å². The highest BCUT2D eigenvalue weighted by Gasteiger charge is 2.12. The number of nitrogens with two attached hydrogens (primary N) is 1. The Labute approximate surface area is 114 Å². The zero-order valence-corrected chi connectivity index (χ0v) is 11.9. The molecule has 3 heteroatoms. The molecule has 0 aliphatic heterocycles. The smallest absolute Gasteiger partial charge is 0.131 e. The molecule has 0 aliphatic carbocycles. The Bertz CT molecular complexity index is 524. The van der Waals surface area contributed by atoms with Gasteiger partial charge in [-0.3, -0.25) is 0 Å². The molecule has 0 fully saturated rings. The second-order valence-corrected chi connectivity index (χ2v) is 5.16. The van der Waals surface area contributed by atoms with Crippen LogP contribution in [-0.4, -0.2) is 9.97 Å². The van der Waals surface area contributed by atoms with Crippen molar-refractivity contribution in [3.8, 4) is 0 Å². The van der Waals surface area contributed by atoms with Crippen molar-refractivity contribution >= 4 is 5.82 Å². The third kappa shape index (κ3) is 3.31. The number of aromatic nitrogens is 2. The molecule has 2 aromatic rings. The summed E-state index contributed by atoms with van der Waals surface area (Å²) < 4.78 is 0. The molecule has 2 N–H and O–H groups in total. The second-order valence-electron chi connectivity index (χ2n) is 5.16. The van der Waals surface area contributed by atoms with E-state index in [0.717, 1.165) is 29.9 Å². The number of aryl methyl sites for hydroxylation is 3. The molecule has 0 spiro atoms. The molecule has 3 nitrogen and oxygen atoms in total. The second kappa shape index (κ2) is 5.83. The standard InChI is InChI=1S/C16H21N3/c1-11(2)15-12(3)18-14(19-16(15)17)10-9-13-7-5-4-6-8-13/h4-8,11H,9-10H2,1-3H3,(H2,17,18,19). The van der Waals surface area contributed by atoms with Gasteiger partial charge in [-0.1, -0.05) is 44.2 Å². The summed E-state index contributed by atoms with van der Waals surface area (Å²) in [5.41, 5.74) is 9.42. The van der Waals surface area contributed by atoms with Crippen LogP contribution in [0.1, 0.15) is 42.4 Å². The van der Waals surface area contributed by atoms with Crippen molar-refractivity contribution in [2.75, 3.05) is 5.73 Å². The van der Waals surface area contributed by atoms with Gasteiger partial charge in [0.15, 0.2) is 0 Å². The Hall–Kier alpha value is -1.90. The van der Waals surface area contributed by atoms with Gasteiger partial charge in [0.2, 0.25) is 0 Å². The first-order valence-electron chi connectivity index (χ1n) is 6.74. The molecule has 1 aromatic heterocycles. The fourth-order valence-corrected chi connectivity index (χ4v) is 2.39. The average molecular weight is 255 g/mol. The van der Waals surface area contributed by atoms with Crippen LogP contribution in [0.25, 0.3) is 0 Å². The van der Waals surface area contributed by atoms with Crippen molar-refractivity contribution in [2.24, 2.45) is 0 Å². The van der Waals surface area contributed by atoms with E-state index < -0.39 is 0 Å². The van der Waals surface area contributed by atoms with Crippen LogP contribution >= 0.6 is 0 Å². The van der Waals surface area contributed by atoms with Crippen molar-refractivity contribution in [3.63, 3.8) is 0 Å². The summed E-state index contributed by atoms with van der Waals surface area (Å²) >= 11 is 0. The molecule has 0 unspecified atom stereocenters. The van der Waals surface area contributed by atoms with E-state index in [1.54, 1.807) is 0 Å². The Morgan fingerprint density at radius 1 is 1.05 bits per heavy atom. The molecule has 0 saturated carbocycles. The van der Waals surface area contributed by atoms with Gasteiger partial charge in [-0.15, -0.1) is 0 Å². The predicted molar refractivity (Wildman–Crippen MR) is 79.1 cm³/mol. The van der Waals surface area contributed by atoms with Gasteiger partial charge in [-0.25, -0.2) is 9.97 Å². The number of anilines is 1. The van der Waals surface area contributed by atoms with Crippen molar-refractivity contribution in [1.82, 2.24) is 9.97 Å². The maximum Gasteiger partial charge on any atom is 0.131 e. The quantitative estimate of drug-likeness (QED) is 0.912. The zero-order valence-electron chi connectivity index (χ0n) is 11.9. The predicted octanol–water partition coefficient (Wildman–Crippen LogP) is 3.28. The summed E-state index contributed by atoms with van der Waals surface area (Å²) in [6.07, 6.45) is 1.77. The number of rotatable bonds is 4. The minimum atomic E-state index is 0.364. The van der Waals surface area contributed by atoms with Crippen LogP contribution in [-0.2, 0) is 12.8 Å². The Morgan fingerprint density at radius 3 is 2.32 bits per heavy atom. The topological polar surface area (TPSA) is 51.8 Å². The van der Waals surface area contributed by atoms with Crippen molar-refractivity contribution in [1.29, 1.82) is 0 Å². The highest BCUT2D eigenvalue weighted by Crippen LogP contribution is 2.23. The lowest BCUT2D eigenvalue weighted by Gasteiger charge is -2.13. The largest absolute Gasteiger partial charge is 0.383 e. The molecule has 19 heavy (non-hydrogen) atoms. The van der Waals surface area contributed by atoms with E-state index in [1.165, 1.54) is 5.56 Å². The summed E-state index contributed by atoms with van der Waals surface area (Å²) in [7, 11) is 0. The van der Waals surface area contributed by atoms with Gasteiger partial charge in [0.05, 0.1) is 0 Å². The van der Waals surface area contributed by atoms with Crippen LogP contribution in [0.15, 0.2) is 30.3 Å². The van der Waals surface area contributed by atoms with Gasteiger partial charge in [0, 0.05) is 17.7 Å². The molecular formula is C16H21N3. The minimum Gasteiger partial charge on any atom is -0.383 e. The van der Waals surface area contributed by atoms with Crippen LogP contribution in [0.4, 0.5) is 5.82 Å². The fraction of sp³-hybridized carbons (Fsp3) is 0.375. The van der Waals surface area contributed by atoms with Crippen molar-refractivity contribution in [3.05, 3.63) is 53.0 Å². The van der Waals surface area contributed by atoms with Crippen LogP contribution < -0.4 is 5.73 Å². The number of hydrogen-bond acceptors (Lipinski definition) is 3. The van der Waals surface area contributed by atoms with E-state index in [4.69, 9.17) is 5.73 Å². The van der Waals surface area contributed by atoms with Gasteiger partial charge in [0.25, 0.3) is 0 Å². The van der Waals surface area contributed by atoms with Crippen LogP contribution in [0.5, 0.6) is 0 Å². The highest BCUT2D eigenvalue weighted by atomic mass is 15.0. The molecule has 1 heterocycles. The molecule has 0 aliphatic rings. The maximum atomic E-state index is 6.04. The zero-order chi connectivity index (χ0) is 13.8. The van der Waals surface area contributed by atoms with E-state index in [9.17, 15) is 0 Å². The maximum absolute atomic E-state index is 6.04. The molecule has 100 valence electrons. The molecule has 0 saturated heterocycles. The van der Waals surface area contributed by atoms with E-state index in [2.05, 4.69) is 48.1 Å². The van der Waals surface area contributed by atoms with E-state index >= 15 is 0 Å². The lowest BCUT2D eigenvalue weighted by Crippen LogP contribution is -2.09. The van der Waals surface area contributed by atoms with Gasteiger partial charge < -0.3 is 5.73 Å². The van der Waals surface area contributed by atoms with Crippen molar-refractivity contribution < 1.29 is 0 Å². The van der Waals surface area contributed by atoms with E-state index in [0.29, 0.717) is 11.7 Å². The van der Waals surface area contributed by atoms with E-state index in [1.807, 2.05) is 13.0 Å². The number of nitrogens with zero attached hydrogens (tertiary/aromatic N) is 2. The minimum absolute atomic E-state index is 0.364. The first-order valence-corrected chi connectivity index (χ1v) is 6.74. The van der Waals surface area contributed by atoms with Gasteiger partial charge in [-0.05, 0) is 24.8 Å². The summed E-state index contributed by atoms with van der Waals surface area (Å²) in [6.45, 7) is 6.25. The molecule has 0 atom stereocenters. The molecule has 0 amide bonds. The fourth-order valence-electron chi connectivity index (χ4n) is 2.39. The van der Waals surface area contributed by atoms with Crippen LogP contribution in [0.2, 0.25) is 0 Å². The number of benzene rings is 1. The third-order valence-electron chi connectivity index (χ3n) is 3.27. The monoisotopic (exact) mass is 255 g/mol. The lowest BCUT2D eigenvalue weighted by molar-refractivity contribution is 0.794.